The quantitative estimate of drug-likeness (QED) is 0.366. The third-order valence-electron chi connectivity index (χ3n) is 2.17. The average Bonchev–Trinajstić information content (AvgIpc) is 2.33. The van der Waals surface area contributed by atoms with Gasteiger partial charge in [-0.1, -0.05) is 13.0 Å². The molecular weight excluding hydrogens is 236 g/mol. The van der Waals surface area contributed by atoms with E-state index in [0.29, 0.717) is 24.8 Å². The molecule has 0 aliphatic carbocycles. The first-order valence-electron chi connectivity index (χ1n) is 6.17. The van der Waals surface area contributed by atoms with Crippen molar-refractivity contribution in [1.29, 1.82) is 0 Å². The van der Waals surface area contributed by atoms with Gasteiger partial charge in [-0.15, -0.1) is 0 Å². The Bertz CT molecular complexity index is 273. The Labute approximate surface area is 108 Å². The van der Waals surface area contributed by atoms with Gasteiger partial charge in [0, 0.05) is 25.0 Å². The van der Waals surface area contributed by atoms with E-state index in [1.54, 1.807) is 6.92 Å². The summed E-state index contributed by atoms with van der Waals surface area (Å²) >= 11 is 0. The van der Waals surface area contributed by atoms with Crippen molar-refractivity contribution in [2.45, 2.75) is 39.0 Å². The highest BCUT2D eigenvalue weighted by atomic mass is 16.5. The van der Waals surface area contributed by atoms with Crippen molar-refractivity contribution in [3.8, 4) is 0 Å². The van der Waals surface area contributed by atoms with Gasteiger partial charge in [-0.25, -0.2) is 4.79 Å². The molecule has 0 saturated carbocycles. The Morgan fingerprint density at radius 1 is 1.06 bits per heavy atom. The molecule has 5 nitrogen and oxygen atoms in total. The number of carbonyl (C=O) groups excluding carboxylic acids is 2. The van der Waals surface area contributed by atoms with Crippen LogP contribution >= 0.6 is 0 Å². The second-order valence-corrected chi connectivity index (χ2v) is 4.02. The van der Waals surface area contributed by atoms with Crippen LogP contribution in [0.4, 0.5) is 0 Å². The molecule has 0 spiro atoms. The summed E-state index contributed by atoms with van der Waals surface area (Å²) in [5, 5.41) is 8.55. The van der Waals surface area contributed by atoms with Gasteiger partial charge in [0.15, 0.2) is 0 Å². The summed E-state index contributed by atoms with van der Waals surface area (Å²) in [6, 6.07) is 0. The molecular formula is C13H22O5. The fourth-order valence-corrected chi connectivity index (χ4v) is 1.16. The van der Waals surface area contributed by atoms with Gasteiger partial charge in [-0.2, -0.15) is 0 Å². The Morgan fingerprint density at radius 3 is 2.33 bits per heavy atom. The minimum absolute atomic E-state index is 0.156. The second-order valence-electron chi connectivity index (χ2n) is 4.02. The number of aliphatic hydroxyl groups excluding tert-OH is 1. The summed E-state index contributed by atoms with van der Waals surface area (Å²) in [5.74, 6) is -0.676. The number of rotatable bonds is 10. The minimum Gasteiger partial charge on any atom is -0.466 e. The molecule has 0 atom stereocenters. The van der Waals surface area contributed by atoms with Gasteiger partial charge in [0.1, 0.15) is 0 Å². The zero-order valence-corrected chi connectivity index (χ0v) is 10.9. The van der Waals surface area contributed by atoms with Crippen molar-refractivity contribution in [2.24, 2.45) is 0 Å². The fraction of sp³-hybridized carbons (Fsp3) is 0.692. The number of carbonyl (C=O) groups is 2. The monoisotopic (exact) mass is 258 g/mol. The molecule has 1 N–H and O–H groups in total. The van der Waals surface area contributed by atoms with Crippen LogP contribution in [0.1, 0.15) is 39.0 Å². The van der Waals surface area contributed by atoms with E-state index in [9.17, 15) is 9.59 Å². The van der Waals surface area contributed by atoms with Crippen molar-refractivity contribution >= 4 is 11.9 Å². The highest BCUT2D eigenvalue weighted by Gasteiger charge is 2.04. The van der Waals surface area contributed by atoms with E-state index < -0.39 is 5.97 Å². The molecule has 0 aliphatic rings. The van der Waals surface area contributed by atoms with E-state index >= 15 is 0 Å². The number of ether oxygens (including phenoxy) is 2. The highest BCUT2D eigenvalue weighted by Crippen LogP contribution is 2.01. The Kier molecular flexibility index (Phi) is 9.96. The van der Waals surface area contributed by atoms with Crippen molar-refractivity contribution in [2.75, 3.05) is 19.8 Å². The van der Waals surface area contributed by atoms with E-state index in [0.717, 1.165) is 12.8 Å². The smallest absolute Gasteiger partial charge is 0.333 e. The van der Waals surface area contributed by atoms with Crippen LogP contribution < -0.4 is 0 Å². The first kappa shape index (κ1) is 16.6. The summed E-state index contributed by atoms with van der Waals surface area (Å²) < 4.78 is 9.79. The summed E-state index contributed by atoms with van der Waals surface area (Å²) in [4.78, 5) is 22.2. The van der Waals surface area contributed by atoms with Crippen LogP contribution in [0.15, 0.2) is 12.2 Å². The molecule has 104 valence electrons. The molecule has 0 saturated heterocycles. The predicted octanol–water partition coefficient (Wildman–Crippen LogP) is 1.59. The highest BCUT2D eigenvalue weighted by molar-refractivity contribution is 5.86. The van der Waals surface area contributed by atoms with Gasteiger partial charge in [-0.3, -0.25) is 4.79 Å². The number of hydrogen-bond donors (Lipinski definition) is 1. The van der Waals surface area contributed by atoms with Crippen LogP contribution in [0, 0.1) is 0 Å². The standard InChI is InChI=1S/C13H22O5/c1-11(2)13(16)18-10-6-9-17-12(15)7-4-3-5-8-14/h14H,1,3-10H2,2H3. The number of esters is 2. The van der Waals surface area contributed by atoms with E-state index in [4.69, 9.17) is 14.6 Å². The lowest BCUT2D eigenvalue weighted by atomic mass is 10.2. The molecule has 0 aliphatic heterocycles. The molecule has 0 radical (unpaired) electrons. The first-order valence-corrected chi connectivity index (χ1v) is 6.17. The van der Waals surface area contributed by atoms with Crippen molar-refractivity contribution in [1.82, 2.24) is 0 Å². The molecule has 0 fully saturated rings. The van der Waals surface area contributed by atoms with Crippen molar-refractivity contribution in [3.63, 3.8) is 0 Å². The van der Waals surface area contributed by atoms with Crippen molar-refractivity contribution in [3.05, 3.63) is 12.2 Å². The van der Waals surface area contributed by atoms with E-state index in [1.807, 2.05) is 0 Å². The van der Waals surface area contributed by atoms with Crippen LogP contribution in [0.3, 0.4) is 0 Å². The van der Waals surface area contributed by atoms with Gasteiger partial charge in [0.2, 0.25) is 0 Å². The van der Waals surface area contributed by atoms with Gasteiger partial charge in [0.05, 0.1) is 13.2 Å². The molecule has 0 aromatic heterocycles. The number of unbranched alkanes of at least 4 members (excludes halogenated alkanes) is 2. The third kappa shape index (κ3) is 9.84. The maximum absolute atomic E-state index is 11.2. The maximum Gasteiger partial charge on any atom is 0.333 e. The lowest BCUT2D eigenvalue weighted by Gasteiger charge is -2.06. The lowest BCUT2D eigenvalue weighted by molar-refractivity contribution is -0.144. The lowest BCUT2D eigenvalue weighted by Crippen LogP contribution is -2.10. The number of hydrogen-bond acceptors (Lipinski definition) is 5. The summed E-state index contributed by atoms with van der Waals surface area (Å²) in [5.41, 5.74) is 0.357. The Hall–Kier alpha value is -1.36. The summed E-state index contributed by atoms with van der Waals surface area (Å²) in [6.07, 6.45) is 3.11. The maximum atomic E-state index is 11.2. The molecule has 0 unspecified atom stereocenters. The van der Waals surface area contributed by atoms with Gasteiger partial charge < -0.3 is 14.6 Å². The van der Waals surface area contributed by atoms with Crippen LogP contribution in [0.2, 0.25) is 0 Å². The van der Waals surface area contributed by atoms with Crippen molar-refractivity contribution < 1.29 is 24.2 Å². The van der Waals surface area contributed by atoms with E-state index in [-0.39, 0.29) is 25.8 Å². The Morgan fingerprint density at radius 2 is 1.72 bits per heavy atom. The van der Waals surface area contributed by atoms with Gasteiger partial charge >= 0.3 is 11.9 Å². The third-order valence-corrected chi connectivity index (χ3v) is 2.17. The largest absolute Gasteiger partial charge is 0.466 e. The van der Waals surface area contributed by atoms with Crippen LogP contribution in [-0.2, 0) is 19.1 Å². The first-order chi connectivity index (χ1) is 8.57. The Balaban J connectivity index is 3.35. The number of aliphatic hydroxyl groups is 1. The van der Waals surface area contributed by atoms with Crippen LogP contribution in [-0.4, -0.2) is 36.9 Å². The zero-order chi connectivity index (χ0) is 13.8. The second kappa shape index (κ2) is 10.8. The van der Waals surface area contributed by atoms with Gasteiger partial charge in [-0.05, 0) is 19.8 Å². The molecule has 0 bridgehead atoms. The fourth-order valence-electron chi connectivity index (χ4n) is 1.16. The van der Waals surface area contributed by atoms with E-state index in [1.165, 1.54) is 0 Å². The molecule has 0 aromatic carbocycles. The minimum atomic E-state index is -0.426. The average molecular weight is 258 g/mol. The zero-order valence-electron chi connectivity index (χ0n) is 10.9. The molecule has 5 heteroatoms. The normalized spacial score (nSPS) is 9.89. The van der Waals surface area contributed by atoms with Crippen LogP contribution in [0.5, 0.6) is 0 Å². The molecule has 18 heavy (non-hydrogen) atoms. The SMILES string of the molecule is C=C(C)C(=O)OCCCOC(=O)CCCCCO. The van der Waals surface area contributed by atoms with E-state index in [2.05, 4.69) is 6.58 Å². The molecule has 0 aromatic rings. The predicted molar refractivity (Wildman–Crippen MR) is 66.9 cm³/mol. The summed E-state index contributed by atoms with van der Waals surface area (Å²) in [7, 11) is 0. The molecule has 0 amide bonds. The summed E-state index contributed by atoms with van der Waals surface area (Å²) in [6.45, 7) is 5.67. The topological polar surface area (TPSA) is 72.8 Å². The molecule has 0 rings (SSSR count). The van der Waals surface area contributed by atoms with Crippen LogP contribution in [0.25, 0.3) is 0 Å². The molecule has 0 heterocycles. The van der Waals surface area contributed by atoms with Gasteiger partial charge in [0.25, 0.3) is 0 Å².